The summed E-state index contributed by atoms with van der Waals surface area (Å²) in [6.45, 7) is 1.74. The van der Waals surface area contributed by atoms with Gasteiger partial charge in [-0.1, -0.05) is 18.2 Å². The van der Waals surface area contributed by atoms with Crippen LogP contribution in [0.15, 0.2) is 78.9 Å². The van der Waals surface area contributed by atoms with E-state index >= 15 is 0 Å². The van der Waals surface area contributed by atoms with Gasteiger partial charge in [0.2, 0.25) is 5.78 Å². The molecule has 3 aromatic carbocycles. The summed E-state index contributed by atoms with van der Waals surface area (Å²) < 4.78 is 16.6. The number of hydrogen-bond acceptors (Lipinski definition) is 4. The molecule has 0 radical (unpaired) electrons. The number of carbonyl (C=O) groups excluding carboxylic acids is 1. The molecule has 0 N–H and O–H groups in total. The smallest absolute Gasteiger partial charge is 0.202 e. The van der Waals surface area contributed by atoms with Crippen molar-refractivity contribution >= 4 is 5.78 Å². The van der Waals surface area contributed by atoms with E-state index in [-0.39, 0.29) is 5.78 Å². The molecule has 26 heavy (non-hydrogen) atoms. The Bertz CT molecular complexity index is 840. The Morgan fingerprint density at radius 1 is 0.731 bits per heavy atom. The summed E-state index contributed by atoms with van der Waals surface area (Å²) in [5.41, 5.74) is 0.585. The fourth-order valence-electron chi connectivity index (χ4n) is 2.46. The number of methoxy groups -OCH3 is 1. The van der Waals surface area contributed by atoms with E-state index in [4.69, 9.17) is 14.2 Å². The molecule has 3 aromatic rings. The van der Waals surface area contributed by atoms with Crippen molar-refractivity contribution in [1.29, 1.82) is 0 Å². The van der Waals surface area contributed by atoms with Crippen molar-refractivity contribution in [2.75, 3.05) is 7.11 Å². The first-order valence-corrected chi connectivity index (χ1v) is 8.33. The molecular weight excluding hydrogens is 328 g/mol. The maximum Gasteiger partial charge on any atom is 0.202 e. The first-order valence-electron chi connectivity index (χ1n) is 8.33. The maximum absolute atomic E-state index is 12.5. The lowest BCUT2D eigenvalue weighted by Gasteiger charge is -2.14. The first-order chi connectivity index (χ1) is 12.7. The van der Waals surface area contributed by atoms with Crippen LogP contribution in [0.3, 0.4) is 0 Å². The van der Waals surface area contributed by atoms with Crippen LogP contribution in [0.25, 0.3) is 0 Å². The van der Waals surface area contributed by atoms with Crippen LogP contribution in [-0.2, 0) is 0 Å². The summed E-state index contributed by atoms with van der Waals surface area (Å²) in [4.78, 5) is 12.5. The molecule has 0 heterocycles. The number of ether oxygens (including phenoxy) is 3. The van der Waals surface area contributed by atoms with Gasteiger partial charge in [-0.3, -0.25) is 4.79 Å². The second-order valence-electron chi connectivity index (χ2n) is 5.74. The third-order valence-corrected chi connectivity index (χ3v) is 3.86. The summed E-state index contributed by atoms with van der Waals surface area (Å²) in [5.74, 6) is 2.71. The van der Waals surface area contributed by atoms with Gasteiger partial charge in [-0.15, -0.1) is 0 Å². The van der Waals surface area contributed by atoms with Crippen LogP contribution in [0.1, 0.15) is 17.3 Å². The zero-order valence-electron chi connectivity index (χ0n) is 14.7. The lowest BCUT2D eigenvalue weighted by atomic mass is 10.1. The zero-order valence-corrected chi connectivity index (χ0v) is 14.7. The number of rotatable bonds is 7. The Morgan fingerprint density at radius 2 is 1.27 bits per heavy atom. The van der Waals surface area contributed by atoms with Crippen LogP contribution in [0.2, 0.25) is 0 Å². The number of benzene rings is 3. The molecule has 4 heteroatoms. The van der Waals surface area contributed by atoms with Gasteiger partial charge in [0.15, 0.2) is 6.10 Å². The van der Waals surface area contributed by atoms with Gasteiger partial charge in [-0.2, -0.15) is 0 Å². The summed E-state index contributed by atoms with van der Waals surface area (Å²) in [7, 11) is 1.59. The van der Waals surface area contributed by atoms with Crippen LogP contribution in [0, 0.1) is 0 Å². The van der Waals surface area contributed by atoms with E-state index in [1.165, 1.54) is 0 Å². The highest BCUT2D eigenvalue weighted by atomic mass is 16.5. The lowest BCUT2D eigenvalue weighted by Crippen LogP contribution is -2.23. The minimum Gasteiger partial charge on any atom is -0.497 e. The monoisotopic (exact) mass is 348 g/mol. The number of hydrogen-bond donors (Lipinski definition) is 0. The van der Waals surface area contributed by atoms with Crippen molar-refractivity contribution < 1.29 is 19.0 Å². The Hall–Kier alpha value is -3.27. The van der Waals surface area contributed by atoms with Crippen molar-refractivity contribution in [1.82, 2.24) is 0 Å². The predicted octanol–water partition coefficient (Wildman–Crippen LogP) is 5.14. The molecule has 1 atom stereocenters. The summed E-state index contributed by atoms with van der Waals surface area (Å²) >= 11 is 0. The lowest BCUT2D eigenvalue weighted by molar-refractivity contribution is 0.0818. The van der Waals surface area contributed by atoms with Crippen molar-refractivity contribution in [3.05, 3.63) is 84.4 Å². The summed E-state index contributed by atoms with van der Waals surface area (Å²) in [6, 6.07) is 23.7. The van der Waals surface area contributed by atoms with Crippen molar-refractivity contribution in [2.24, 2.45) is 0 Å². The van der Waals surface area contributed by atoms with Gasteiger partial charge >= 0.3 is 0 Å². The molecule has 0 amide bonds. The molecule has 0 aromatic heterocycles. The number of Topliss-reactive ketones (excluding diaryl/α,β-unsaturated/α-hetero) is 1. The molecule has 0 fully saturated rings. The summed E-state index contributed by atoms with van der Waals surface area (Å²) in [5, 5.41) is 0. The Morgan fingerprint density at radius 3 is 1.88 bits per heavy atom. The minimum absolute atomic E-state index is 0.0859. The quantitative estimate of drug-likeness (QED) is 0.555. The average Bonchev–Trinajstić information content (AvgIpc) is 2.70. The molecule has 0 saturated carbocycles. The van der Waals surface area contributed by atoms with E-state index in [1.807, 2.05) is 42.5 Å². The third-order valence-electron chi connectivity index (χ3n) is 3.86. The van der Waals surface area contributed by atoms with Crippen LogP contribution in [0.4, 0.5) is 0 Å². The van der Waals surface area contributed by atoms with Crippen LogP contribution in [0.5, 0.6) is 23.0 Å². The van der Waals surface area contributed by atoms with Crippen LogP contribution >= 0.6 is 0 Å². The van der Waals surface area contributed by atoms with Crippen molar-refractivity contribution in [2.45, 2.75) is 13.0 Å². The maximum atomic E-state index is 12.5. The highest BCUT2D eigenvalue weighted by molar-refractivity contribution is 5.99. The topological polar surface area (TPSA) is 44.8 Å². The standard InChI is InChI=1S/C22H20O4/c1-16(22(23)17-8-10-18(24-2)11-9-17)25-20-12-14-21(15-13-20)26-19-6-4-3-5-7-19/h3-16H,1-2H3/t16-/m0/s1. The van der Waals surface area contributed by atoms with Crippen molar-refractivity contribution in [3.63, 3.8) is 0 Å². The number of para-hydroxylation sites is 1. The van der Waals surface area contributed by atoms with Gasteiger partial charge in [0.1, 0.15) is 23.0 Å². The minimum atomic E-state index is -0.593. The SMILES string of the molecule is COc1ccc(C(=O)[C@H](C)Oc2ccc(Oc3ccccc3)cc2)cc1. The molecule has 4 nitrogen and oxygen atoms in total. The Labute approximate surface area is 153 Å². The Kier molecular flexibility index (Phi) is 5.54. The van der Waals surface area contributed by atoms with Gasteiger partial charge in [0, 0.05) is 5.56 Å². The normalized spacial score (nSPS) is 11.5. The highest BCUT2D eigenvalue weighted by Gasteiger charge is 2.17. The molecule has 0 aliphatic heterocycles. The van der Waals surface area contributed by atoms with Gasteiger partial charge in [0.25, 0.3) is 0 Å². The molecule has 0 spiro atoms. The Balaban J connectivity index is 1.61. The van der Waals surface area contributed by atoms with Crippen LogP contribution in [-0.4, -0.2) is 19.0 Å². The van der Waals surface area contributed by atoms with Gasteiger partial charge < -0.3 is 14.2 Å². The zero-order chi connectivity index (χ0) is 18.4. The van der Waals surface area contributed by atoms with E-state index in [0.717, 1.165) is 5.75 Å². The highest BCUT2D eigenvalue weighted by Crippen LogP contribution is 2.24. The average molecular weight is 348 g/mol. The molecule has 132 valence electrons. The second-order valence-corrected chi connectivity index (χ2v) is 5.74. The van der Waals surface area contributed by atoms with E-state index in [0.29, 0.717) is 22.8 Å². The number of ketones is 1. The summed E-state index contributed by atoms with van der Waals surface area (Å²) in [6.07, 6.45) is -0.593. The number of carbonyl (C=O) groups is 1. The van der Waals surface area contributed by atoms with Crippen LogP contribution < -0.4 is 14.2 Å². The molecular formula is C22H20O4. The molecule has 0 saturated heterocycles. The van der Waals surface area contributed by atoms with E-state index in [9.17, 15) is 4.79 Å². The molecule has 0 aliphatic rings. The molecule has 3 rings (SSSR count). The molecule has 0 bridgehead atoms. The van der Waals surface area contributed by atoms with Crippen molar-refractivity contribution in [3.8, 4) is 23.0 Å². The predicted molar refractivity (Wildman–Crippen MR) is 100 cm³/mol. The van der Waals surface area contributed by atoms with Gasteiger partial charge in [-0.05, 0) is 67.6 Å². The fraction of sp³-hybridized carbons (Fsp3) is 0.136. The third kappa shape index (κ3) is 4.42. The van der Waals surface area contributed by atoms with E-state index in [1.54, 1.807) is 50.4 Å². The molecule has 0 aliphatic carbocycles. The molecule has 0 unspecified atom stereocenters. The largest absolute Gasteiger partial charge is 0.497 e. The van der Waals surface area contributed by atoms with E-state index in [2.05, 4.69) is 0 Å². The second kappa shape index (κ2) is 8.21. The first kappa shape index (κ1) is 17.5. The van der Waals surface area contributed by atoms with Gasteiger partial charge in [-0.25, -0.2) is 0 Å². The van der Waals surface area contributed by atoms with Gasteiger partial charge in [0.05, 0.1) is 7.11 Å². The fourth-order valence-corrected chi connectivity index (χ4v) is 2.46. The van der Waals surface area contributed by atoms with E-state index < -0.39 is 6.10 Å².